The number of pyridine rings is 1. The van der Waals surface area contributed by atoms with Crippen molar-refractivity contribution >= 4 is 38.9 Å². The summed E-state index contributed by atoms with van der Waals surface area (Å²) in [5.74, 6) is 0.339. The standard InChI is InChI=1S/C18H22FN5O2S2/c19-15-5-1-2-6-16(15)22-18(27)21-9-14-28(25,26)24-12-10-23(11-13-24)17-7-3-4-8-20-17/h1-8H,9-14H2,(H2,21,22,27). The van der Waals surface area contributed by atoms with Crippen LogP contribution in [0.5, 0.6) is 0 Å². The SMILES string of the molecule is O=S(=O)(CCNC(=S)Nc1ccccc1F)N1CCN(c2ccccn2)CC1. The zero-order valence-electron chi connectivity index (χ0n) is 15.2. The molecule has 7 nitrogen and oxygen atoms in total. The highest BCUT2D eigenvalue weighted by atomic mass is 32.2. The minimum Gasteiger partial charge on any atom is -0.361 e. The summed E-state index contributed by atoms with van der Waals surface area (Å²) in [5, 5.41) is 5.72. The summed E-state index contributed by atoms with van der Waals surface area (Å²) in [6.45, 7) is 2.16. The molecule has 0 aliphatic carbocycles. The van der Waals surface area contributed by atoms with Crippen molar-refractivity contribution in [3.63, 3.8) is 0 Å². The fourth-order valence-corrected chi connectivity index (χ4v) is 4.44. The van der Waals surface area contributed by atoms with Gasteiger partial charge in [-0.05, 0) is 36.5 Å². The predicted molar refractivity (Wildman–Crippen MR) is 112 cm³/mol. The Morgan fingerprint density at radius 3 is 2.50 bits per heavy atom. The molecule has 10 heteroatoms. The van der Waals surface area contributed by atoms with E-state index < -0.39 is 15.8 Å². The fraction of sp³-hybridized carbons (Fsp3) is 0.333. The van der Waals surface area contributed by atoms with E-state index in [4.69, 9.17) is 12.2 Å². The van der Waals surface area contributed by atoms with E-state index in [1.54, 1.807) is 24.4 Å². The number of anilines is 2. The van der Waals surface area contributed by atoms with Gasteiger partial charge in [-0.25, -0.2) is 17.8 Å². The van der Waals surface area contributed by atoms with Crippen LogP contribution in [0.4, 0.5) is 15.9 Å². The Labute approximate surface area is 169 Å². The first-order valence-corrected chi connectivity index (χ1v) is 10.9. The van der Waals surface area contributed by atoms with Gasteiger partial charge in [0.2, 0.25) is 10.0 Å². The van der Waals surface area contributed by atoms with Crippen LogP contribution in [0.3, 0.4) is 0 Å². The third kappa shape index (κ3) is 5.37. The Balaban J connectivity index is 1.44. The molecule has 0 atom stereocenters. The Morgan fingerprint density at radius 2 is 1.82 bits per heavy atom. The summed E-state index contributed by atoms with van der Waals surface area (Å²) >= 11 is 5.10. The average Bonchev–Trinajstić information content (AvgIpc) is 2.70. The van der Waals surface area contributed by atoms with E-state index in [0.29, 0.717) is 26.2 Å². The Hall–Kier alpha value is -2.30. The molecule has 1 aliphatic heterocycles. The molecule has 3 rings (SSSR count). The Bertz CT molecular complexity index is 903. The first-order chi connectivity index (χ1) is 13.5. The number of hydrogen-bond acceptors (Lipinski definition) is 5. The maximum atomic E-state index is 13.6. The minimum absolute atomic E-state index is 0.0876. The molecule has 0 unspecified atom stereocenters. The molecule has 0 amide bonds. The average molecular weight is 424 g/mol. The molecular weight excluding hydrogens is 401 g/mol. The Kier molecular flexibility index (Phi) is 6.76. The molecule has 0 radical (unpaired) electrons. The molecule has 1 aromatic carbocycles. The highest BCUT2D eigenvalue weighted by molar-refractivity contribution is 7.89. The van der Waals surface area contributed by atoms with Crippen LogP contribution in [0.15, 0.2) is 48.7 Å². The largest absolute Gasteiger partial charge is 0.361 e. The third-order valence-electron chi connectivity index (χ3n) is 4.37. The van der Waals surface area contributed by atoms with Crippen LogP contribution in [-0.2, 0) is 10.0 Å². The number of para-hydroxylation sites is 1. The van der Waals surface area contributed by atoms with Gasteiger partial charge in [-0.3, -0.25) is 0 Å². The quantitative estimate of drug-likeness (QED) is 0.684. The number of rotatable bonds is 6. The van der Waals surface area contributed by atoms with Crippen molar-refractivity contribution in [2.45, 2.75) is 0 Å². The van der Waals surface area contributed by atoms with Gasteiger partial charge < -0.3 is 15.5 Å². The van der Waals surface area contributed by atoms with Crippen LogP contribution in [-0.4, -0.2) is 61.3 Å². The lowest BCUT2D eigenvalue weighted by molar-refractivity contribution is 0.384. The summed E-state index contributed by atoms with van der Waals surface area (Å²) in [5.41, 5.74) is 0.244. The molecule has 150 valence electrons. The predicted octanol–water partition coefficient (Wildman–Crippen LogP) is 1.66. The van der Waals surface area contributed by atoms with Crippen LogP contribution in [0.1, 0.15) is 0 Å². The molecular formula is C18H22FN5O2S2. The van der Waals surface area contributed by atoms with Crippen molar-refractivity contribution in [1.82, 2.24) is 14.6 Å². The zero-order chi connectivity index (χ0) is 20.0. The second kappa shape index (κ2) is 9.26. The molecule has 1 aliphatic rings. The van der Waals surface area contributed by atoms with E-state index in [9.17, 15) is 12.8 Å². The van der Waals surface area contributed by atoms with Gasteiger partial charge in [0, 0.05) is 38.9 Å². The number of nitrogens with zero attached hydrogens (tertiary/aromatic N) is 3. The number of hydrogen-bond donors (Lipinski definition) is 2. The highest BCUT2D eigenvalue weighted by Gasteiger charge is 2.27. The van der Waals surface area contributed by atoms with E-state index in [1.807, 2.05) is 18.2 Å². The lowest BCUT2D eigenvalue weighted by atomic mass is 10.3. The van der Waals surface area contributed by atoms with Gasteiger partial charge >= 0.3 is 0 Å². The number of thiocarbonyl (C=S) groups is 1. The molecule has 0 bridgehead atoms. The molecule has 0 saturated carbocycles. The number of aromatic nitrogens is 1. The monoisotopic (exact) mass is 423 g/mol. The van der Waals surface area contributed by atoms with Crippen LogP contribution in [0.25, 0.3) is 0 Å². The van der Waals surface area contributed by atoms with E-state index in [2.05, 4.69) is 20.5 Å². The summed E-state index contributed by atoms with van der Waals surface area (Å²) in [4.78, 5) is 6.37. The van der Waals surface area contributed by atoms with Gasteiger partial charge in [0.15, 0.2) is 5.11 Å². The van der Waals surface area contributed by atoms with Crippen molar-refractivity contribution in [2.24, 2.45) is 0 Å². The van der Waals surface area contributed by atoms with Gasteiger partial charge in [-0.2, -0.15) is 4.31 Å². The zero-order valence-corrected chi connectivity index (χ0v) is 16.8. The molecule has 1 fully saturated rings. The van der Waals surface area contributed by atoms with E-state index in [0.717, 1.165) is 5.82 Å². The van der Waals surface area contributed by atoms with Gasteiger partial charge in [0.05, 0.1) is 11.4 Å². The van der Waals surface area contributed by atoms with Crippen molar-refractivity contribution < 1.29 is 12.8 Å². The topological polar surface area (TPSA) is 77.6 Å². The van der Waals surface area contributed by atoms with Crippen molar-refractivity contribution in [3.05, 3.63) is 54.5 Å². The molecule has 0 spiro atoms. The van der Waals surface area contributed by atoms with Crippen molar-refractivity contribution in [1.29, 1.82) is 0 Å². The van der Waals surface area contributed by atoms with E-state index in [-0.39, 0.29) is 23.1 Å². The fourth-order valence-electron chi connectivity index (χ4n) is 2.89. The third-order valence-corrected chi connectivity index (χ3v) is 6.49. The maximum absolute atomic E-state index is 13.6. The smallest absolute Gasteiger partial charge is 0.215 e. The molecule has 1 saturated heterocycles. The number of halogens is 1. The first kappa shape index (κ1) is 20.4. The summed E-state index contributed by atoms with van der Waals surface area (Å²) in [7, 11) is -3.40. The van der Waals surface area contributed by atoms with Gasteiger partial charge in [0.25, 0.3) is 0 Å². The van der Waals surface area contributed by atoms with Crippen molar-refractivity contribution in [3.8, 4) is 0 Å². The van der Waals surface area contributed by atoms with Gasteiger partial charge in [-0.15, -0.1) is 0 Å². The second-order valence-electron chi connectivity index (χ2n) is 6.25. The first-order valence-electron chi connectivity index (χ1n) is 8.89. The maximum Gasteiger partial charge on any atom is 0.215 e. The Morgan fingerprint density at radius 1 is 1.11 bits per heavy atom. The number of piperazine rings is 1. The number of benzene rings is 1. The highest BCUT2D eigenvalue weighted by Crippen LogP contribution is 2.15. The van der Waals surface area contributed by atoms with E-state index in [1.165, 1.54) is 10.4 Å². The van der Waals surface area contributed by atoms with E-state index >= 15 is 0 Å². The summed E-state index contributed by atoms with van der Waals surface area (Å²) in [6, 6.07) is 11.8. The van der Waals surface area contributed by atoms with Crippen LogP contribution in [0.2, 0.25) is 0 Å². The molecule has 28 heavy (non-hydrogen) atoms. The van der Waals surface area contributed by atoms with Crippen LogP contribution >= 0.6 is 12.2 Å². The summed E-state index contributed by atoms with van der Waals surface area (Å²) in [6.07, 6.45) is 1.72. The molecule has 2 aromatic rings. The van der Waals surface area contributed by atoms with Crippen LogP contribution < -0.4 is 15.5 Å². The molecule has 2 N–H and O–H groups in total. The second-order valence-corrected chi connectivity index (χ2v) is 8.75. The minimum atomic E-state index is -3.40. The lowest BCUT2D eigenvalue weighted by Crippen LogP contribution is -2.50. The van der Waals surface area contributed by atoms with Gasteiger partial charge in [-0.1, -0.05) is 18.2 Å². The molecule has 2 heterocycles. The molecule has 1 aromatic heterocycles. The number of nitrogens with one attached hydrogen (secondary N) is 2. The van der Waals surface area contributed by atoms with Crippen molar-refractivity contribution in [2.75, 3.05) is 48.7 Å². The van der Waals surface area contributed by atoms with Gasteiger partial charge in [0.1, 0.15) is 11.6 Å². The normalized spacial score (nSPS) is 15.2. The lowest BCUT2D eigenvalue weighted by Gasteiger charge is -2.34. The van der Waals surface area contributed by atoms with Crippen LogP contribution in [0, 0.1) is 5.82 Å². The summed E-state index contributed by atoms with van der Waals surface area (Å²) < 4.78 is 40.2. The number of sulfonamides is 1.